The third-order valence-electron chi connectivity index (χ3n) is 2.69. The van der Waals surface area contributed by atoms with Crippen molar-refractivity contribution in [1.29, 1.82) is 0 Å². The summed E-state index contributed by atoms with van der Waals surface area (Å²) in [5.74, 6) is 0.502. The van der Waals surface area contributed by atoms with Crippen LogP contribution in [0.4, 0.5) is 0 Å². The second kappa shape index (κ2) is 5.97. The fourth-order valence-electron chi connectivity index (χ4n) is 1.77. The van der Waals surface area contributed by atoms with E-state index in [9.17, 15) is 5.11 Å². The number of hydrogen-bond acceptors (Lipinski definition) is 3. The van der Waals surface area contributed by atoms with Crippen molar-refractivity contribution in [2.45, 2.75) is 6.61 Å². The highest BCUT2D eigenvalue weighted by molar-refractivity contribution is 6.48. The van der Waals surface area contributed by atoms with Gasteiger partial charge in [-0.2, -0.15) is 0 Å². The molecule has 0 fully saturated rings. The Morgan fingerprint density at radius 3 is 2.32 bits per heavy atom. The Balaban J connectivity index is 2.65. The molecular weight excluding hydrogens is 309 g/mol. The van der Waals surface area contributed by atoms with E-state index < -0.39 is 0 Å². The van der Waals surface area contributed by atoms with Gasteiger partial charge < -0.3 is 9.84 Å². The van der Waals surface area contributed by atoms with Crippen LogP contribution in [0.2, 0.25) is 15.1 Å². The predicted octanol–water partition coefficient (Wildman–Crippen LogP) is 4.21. The maximum absolute atomic E-state index is 9.49. The minimum atomic E-state index is -0.182. The summed E-state index contributed by atoms with van der Waals surface area (Å²) in [5.41, 5.74) is 2.03. The summed E-state index contributed by atoms with van der Waals surface area (Å²) in [6.45, 7) is -0.182. The summed E-state index contributed by atoms with van der Waals surface area (Å²) in [6.07, 6.45) is 3.15. The van der Waals surface area contributed by atoms with Gasteiger partial charge in [-0.1, -0.05) is 34.8 Å². The molecule has 100 valence electrons. The smallest absolute Gasteiger partial charge is 0.143 e. The molecule has 1 N–H and O–H groups in total. The van der Waals surface area contributed by atoms with Gasteiger partial charge in [0, 0.05) is 17.3 Å². The van der Waals surface area contributed by atoms with Crippen LogP contribution in [0, 0.1) is 0 Å². The Morgan fingerprint density at radius 2 is 1.79 bits per heavy atom. The molecule has 19 heavy (non-hydrogen) atoms. The number of aliphatic hydroxyl groups excluding tert-OH is 1. The zero-order chi connectivity index (χ0) is 14.0. The van der Waals surface area contributed by atoms with E-state index in [1.807, 2.05) is 0 Å². The molecule has 0 unspecified atom stereocenters. The summed E-state index contributed by atoms with van der Waals surface area (Å²) in [7, 11) is 1.52. The quantitative estimate of drug-likeness (QED) is 0.862. The molecule has 0 bridgehead atoms. The largest absolute Gasteiger partial charge is 0.495 e. The van der Waals surface area contributed by atoms with Gasteiger partial charge in [0.15, 0.2) is 0 Å². The van der Waals surface area contributed by atoms with E-state index in [-0.39, 0.29) is 6.61 Å². The number of ether oxygens (including phenoxy) is 1. The SMILES string of the molecule is COc1cncc(-c2cc(Cl)c(Cl)c(Cl)c2)c1CO. The Labute approximate surface area is 125 Å². The highest BCUT2D eigenvalue weighted by atomic mass is 35.5. The zero-order valence-corrected chi connectivity index (χ0v) is 12.2. The first-order chi connectivity index (χ1) is 9.08. The minimum Gasteiger partial charge on any atom is -0.495 e. The maximum Gasteiger partial charge on any atom is 0.143 e. The predicted molar refractivity (Wildman–Crippen MR) is 77.2 cm³/mol. The molecule has 3 nitrogen and oxygen atoms in total. The Morgan fingerprint density at radius 1 is 1.16 bits per heavy atom. The van der Waals surface area contributed by atoms with Crippen molar-refractivity contribution in [2.75, 3.05) is 7.11 Å². The van der Waals surface area contributed by atoms with Gasteiger partial charge >= 0.3 is 0 Å². The number of pyridine rings is 1. The number of halogens is 3. The molecule has 0 amide bonds. The summed E-state index contributed by atoms with van der Waals surface area (Å²) >= 11 is 17.9. The Kier molecular flexibility index (Phi) is 4.53. The second-order valence-electron chi connectivity index (χ2n) is 3.78. The highest BCUT2D eigenvalue weighted by Crippen LogP contribution is 2.37. The van der Waals surface area contributed by atoms with Gasteiger partial charge in [-0.25, -0.2) is 0 Å². The van der Waals surface area contributed by atoms with Crippen molar-refractivity contribution in [1.82, 2.24) is 4.98 Å². The Hall–Kier alpha value is -1.00. The number of aromatic nitrogens is 1. The summed E-state index contributed by atoms with van der Waals surface area (Å²) in [5, 5.41) is 10.5. The normalized spacial score (nSPS) is 10.6. The van der Waals surface area contributed by atoms with Crippen molar-refractivity contribution < 1.29 is 9.84 Å². The zero-order valence-electron chi connectivity index (χ0n) is 9.95. The average Bonchev–Trinajstić information content (AvgIpc) is 2.43. The van der Waals surface area contributed by atoms with Gasteiger partial charge in [-0.3, -0.25) is 4.98 Å². The fraction of sp³-hybridized carbons (Fsp3) is 0.154. The number of methoxy groups -OCH3 is 1. The molecule has 0 saturated heterocycles. The van der Waals surface area contributed by atoms with Crippen LogP contribution >= 0.6 is 34.8 Å². The summed E-state index contributed by atoms with van der Waals surface area (Å²) in [4.78, 5) is 4.07. The van der Waals surface area contributed by atoms with Crippen molar-refractivity contribution in [3.8, 4) is 16.9 Å². The van der Waals surface area contributed by atoms with E-state index in [1.54, 1.807) is 18.3 Å². The van der Waals surface area contributed by atoms with Gasteiger partial charge in [0.2, 0.25) is 0 Å². The number of benzene rings is 1. The molecular formula is C13H10Cl3NO2. The standard InChI is InChI=1S/C13H10Cl3NO2/c1-19-12-5-17-4-8(9(12)6-18)7-2-10(14)13(16)11(15)3-7/h2-5,18H,6H2,1H3. The van der Waals surface area contributed by atoms with Crippen LogP contribution in [-0.4, -0.2) is 17.2 Å². The van der Waals surface area contributed by atoms with Gasteiger partial charge in [-0.05, 0) is 17.7 Å². The molecule has 0 atom stereocenters. The molecule has 0 aliphatic carbocycles. The molecule has 0 saturated carbocycles. The molecule has 0 aliphatic heterocycles. The van der Waals surface area contributed by atoms with Crippen LogP contribution in [0.15, 0.2) is 24.5 Å². The first-order valence-electron chi connectivity index (χ1n) is 5.35. The lowest BCUT2D eigenvalue weighted by Crippen LogP contribution is -1.97. The molecule has 2 rings (SSSR count). The van der Waals surface area contributed by atoms with E-state index in [0.29, 0.717) is 31.9 Å². The lowest BCUT2D eigenvalue weighted by atomic mass is 10.0. The van der Waals surface area contributed by atoms with Crippen molar-refractivity contribution >= 4 is 34.8 Å². The van der Waals surface area contributed by atoms with Gasteiger partial charge in [0.1, 0.15) is 5.75 Å². The highest BCUT2D eigenvalue weighted by Gasteiger charge is 2.14. The minimum absolute atomic E-state index is 0.182. The number of aliphatic hydroxyl groups is 1. The van der Waals surface area contributed by atoms with Crippen LogP contribution in [0.3, 0.4) is 0 Å². The maximum atomic E-state index is 9.49. The fourth-order valence-corrected chi connectivity index (χ4v) is 2.36. The van der Waals surface area contributed by atoms with Crippen molar-refractivity contribution in [2.24, 2.45) is 0 Å². The van der Waals surface area contributed by atoms with Gasteiger partial charge in [0.25, 0.3) is 0 Å². The molecule has 0 spiro atoms. The lowest BCUT2D eigenvalue weighted by Gasteiger charge is -2.12. The summed E-state index contributed by atoms with van der Waals surface area (Å²) in [6, 6.07) is 3.34. The van der Waals surface area contributed by atoms with Gasteiger partial charge in [-0.15, -0.1) is 0 Å². The Bertz CT molecular complexity index is 594. The number of rotatable bonds is 3. The van der Waals surface area contributed by atoms with Crippen LogP contribution in [0.5, 0.6) is 5.75 Å². The first-order valence-corrected chi connectivity index (χ1v) is 6.48. The average molecular weight is 319 g/mol. The second-order valence-corrected chi connectivity index (χ2v) is 4.97. The molecule has 0 aliphatic rings. The first kappa shape index (κ1) is 14.4. The summed E-state index contributed by atoms with van der Waals surface area (Å²) < 4.78 is 5.17. The van der Waals surface area contributed by atoms with Crippen LogP contribution in [0.1, 0.15) is 5.56 Å². The van der Waals surface area contributed by atoms with Crippen LogP contribution < -0.4 is 4.74 Å². The topological polar surface area (TPSA) is 42.4 Å². The van der Waals surface area contributed by atoms with Crippen LogP contribution in [-0.2, 0) is 6.61 Å². The number of hydrogen-bond donors (Lipinski definition) is 1. The molecule has 0 radical (unpaired) electrons. The van der Waals surface area contributed by atoms with Crippen molar-refractivity contribution in [3.05, 3.63) is 45.2 Å². The van der Waals surface area contributed by atoms with E-state index in [0.717, 1.165) is 5.56 Å². The third-order valence-corrected chi connectivity index (χ3v) is 3.89. The van der Waals surface area contributed by atoms with E-state index in [1.165, 1.54) is 13.3 Å². The number of nitrogens with zero attached hydrogens (tertiary/aromatic N) is 1. The molecule has 2 aromatic rings. The molecule has 1 aromatic heterocycles. The van der Waals surface area contributed by atoms with E-state index >= 15 is 0 Å². The molecule has 1 heterocycles. The van der Waals surface area contributed by atoms with E-state index in [2.05, 4.69) is 4.98 Å². The van der Waals surface area contributed by atoms with Crippen molar-refractivity contribution in [3.63, 3.8) is 0 Å². The third kappa shape index (κ3) is 2.79. The van der Waals surface area contributed by atoms with Crippen LogP contribution in [0.25, 0.3) is 11.1 Å². The molecule has 1 aromatic carbocycles. The lowest BCUT2D eigenvalue weighted by molar-refractivity contribution is 0.274. The van der Waals surface area contributed by atoms with E-state index in [4.69, 9.17) is 39.5 Å². The monoisotopic (exact) mass is 317 g/mol. The van der Waals surface area contributed by atoms with Gasteiger partial charge in [0.05, 0.1) is 35.0 Å². The molecule has 6 heteroatoms.